The van der Waals surface area contributed by atoms with Gasteiger partial charge in [0.2, 0.25) is 0 Å². The van der Waals surface area contributed by atoms with Crippen LogP contribution in [0.1, 0.15) is 21.6 Å². The first kappa shape index (κ1) is 24.8. The Morgan fingerprint density at radius 3 is 2.63 bits per heavy atom. The van der Waals surface area contributed by atoms with E-state index in [2.05, 4.69) is 22.1 Å². The molecule has 1 aromatic heterocycles. The van der Waals surface area contributed by atoms with E-state index in [0.29, 0.717) is 34.1 Å². The van der Waals surface area contributed by atoms with E-state index in [1.54, 1.807) is 55.6 Å². The molecule has 2 aromatic carbocycles. The molecule has 1 saturated heterocycles. The van der Waals surface area contributed by atoms with Crippen molar-refractivity contribution in [3.05, 3.63) is 77.6 Å². The van der Waals surface area contributed by atoms with Crippen LogP contribution in [0.2, 0.25) is 0 Å². The van der Waals surface area contributed by atoms with Crippen LogP contribution in [-0.4, -0.2) is 60.4 Å². The summed E-state index contributed by atoms with van der Waals surface area (Å²) >= 11 is 0. The lowest BCUT2D eigenvalue weighted by Gasteiger charge is -2.30. The molecule has 3 aromatic rings. The fourth-order valence-corrected chi connectivity index (χ4v) is 3.80. The number of aliphatic hydroxyl groups is 1. The summed E-state index contributed by atoms with van der Waals surface area (Å²) in [5, 5.41) is 21.7. The highest BCUT2D eigenvalue weighted by Crippen LogP contribution is 2.32. The van der Waals surface area contributed by atoms with Gasteiger partial charge in [-0.25, -0.2) is 0 Å². The minimum Gasteiger partial charge on any atom is -0.489 e. The summed E-state index contributed by atoms with van der Waals surface area (Å²) in [5.74, 6) is 6.07. The van der Waals surface area contributed by atoms with Gasteiger partial charge in [0.25, 0.3) is 11.8 Å². The van der Waals surface area contributed by atoms with Gasteiger partial charge in [0, 0.05) is 24.9 Å². The molecule has 1 atom stereocenters. The van der Waals surface area contributed by atoms with Crippen LogP contribution in [0, 0.1) is 23.2 Å². The van der Waals surface area contributed by atoms with Crippen molar-refractivity contribution in [3.8, 4) is 35.2 Å². The summed E-state index contributed by atoms with van der Waals surface area (Å²) in [7, 11) is 1.59. The molecule has 2 amide bonds. The Morgan fingerprint density at radius 2 is 1.92 bits per heavy atom. The van der Waals surface area contributed by atoms with Crippen molar-refractivity contribution in [1.29, 1.82) is 5.26 Å². The smallest absolute Gasteiger partial charge is 0.270 e. The van der Waals surface area contributed by atoms with Crippen molar-refractivity contribution in [1.82, 2.24) is 10.3 Å². The number of pyridine rings is 1. The highest BCUT2D eigenvalue weighted by Gasteiger charge is 2.34. The Labute approximate surface area is 218 Å². The number of anilines is 1. The zero-order valence-corrected chi connectivity index (χ0v) is 20.3. The number of fused-ring (bicyclic) bond motifs is 1. The van der Waals surface area contributed by atoms with Gasteiger partial charge in [-0.2, -0.15) is 5.26 Å². The Morgan fingerprint density at radius 1 is 1.16 bits per heavy atom. The van der Waals surface area contributed by atoms with Gasteiger partial charge >= 0.3 is 0 Å². The molecule has 38 heavy (non-hydrogen) atoms. The molecule has 0 aliphatic carbocycles. The normalized spacial score (nSPS) is 17.3. The molecular weight excluding hydrogens is 488 g/mol. The first-order valence-corrected chi connectivity index (χ1v) is 11.7. The van der Waals surface area contributed by atoms with Crippen molar-refractivity contribution in [2.75, 3.05) is 31.8 Å². The third-order valence-corrected chi connectivity index (χ3v) is 5.96. The van der Waals surface area contributed by atoms with Crippen molar-refractivity contribution < 1.29 is 28.9 Å². The SMILES string of the molecule is CN1C(=O)C(NC(=O)c2cc(Oc3ccc(C#N)cc3)ccn2)COc2ccc(C#CC3(O)COC3)cc21. The number of nitrogens with zero attached hydrogens (tertiary/aromatic N) is 3. The summed E-state index contributed by atoms with van der Waals surface area (Å²) in [6.45, 7) is 0.242. The second kappa shape index (κ2) is 10.2. The summed E-state index contributed by atoms with van der Waals surface area (Å²) < 4.78 is 16.6. The van der Waals surface area contributed by atoms with Crippen LogP contribution in [-0.2, 0) is 9.53 Å². The van der Waals surface area contributed by atoms with Crippen LogP contribution in [0.4, 0.5) is 5.69 Å². The van der Waals surface area contributed by atoms with Crippen LogP contribution in [0.3, 0.4) is 0 Å². The maximum atomic E-state index is 13.2. The van der Waals surface area contributed by atoms with Crippen molar-refractivity contribution in [3.63, 3.8) is 0 Å². The van der Waals surface area contributed by atoms with Gasteiger partial charge in [0.05, 0.1) is 30.5 Å². The van der Waals surface area contributed by atoms with Crippen molar-refractivity contribution in [2.45, 2.75) is 11.6 Å². The van der Waals surface area contributed by atoms with E-state index in [4.69, 9.17) is 19.5 Å². The maximum absolute atomic E-state index is 13.2. The zero-order chi connectivity index (χ0) is 26.7. The topological polar surface area (TPSA) is 134 Å². The molecule has 2 N–H and O–H groups in total. The van der Waals surface area contributed by atoms with E-state index in [1.807, 2.05) is 6.07 Å². The number of likely N-dealkylation sites (N-methyl/N-ethyl adjacent to an activating group) is 1. The van der Waals surface area contributed by atoms with Crippen molar-refractivity contribution in [2.24, 2.45) is 0 Å². The van der Waals surface area contributed by atoms with Gasteiger partial charge in [0.1, 0.15) is 35.6 Å². The van der Waals surface area contributed by atoms with Gasteiger partial charge in [-0.3, -0.25) is 14.6 Å². The van der Waals surface area contributed by atoms with Gasteiger partial charge in [-0.05, 0) is 48.5 Å². The lowest BCUT2D eigenvalue weighted by Crippen LogP contribution is -2.49. The monoisotopic (exact) mass is 510 g/mol. The molecule has 10 nitrogen and oxygen atoms in total. The van der Waals surface area contributed by atoms with Crippen LogP contribution >= 0.6 is 0 Å². The van der Waals surface area contributed by atoms with Gasteiger partial charge in [0.15, 0.2) is 5.60 Å². The number of rotatable bonds is 4. The number of carbonyl (C=O) groups is 2. The lowest BCUT2D eigenvalue weighted by atomic mass is 10.0. The largest absolute Gasteiger partial charge is 0.489 e. The number of hydrogen-bond donors (Lipinski definition) is 2. The average Bonchev–Trinajstić information content (AvgIpc) is 3.03. The standard InChI is InChI=1S/C28H22N4O6/c1-32-24-12-18(8-10-28(35)16-36-17-28)4-7-25(24)37-15-23(27(32)34)31-26(33)22-13-21(9-11-30-22)38-20-5-2-19(14-29)3-6-20/h2-7,9,11-13,23,35H,15-17H2,1H3,(H,31,33). The Kier molecular flexibility index (Phi) is 6.67. The summed E-state index contributed by atoms with van der Waals surface area (Å²) in [5.41, 5.74) is 0.493. The average molecular weight is 511 g/mol. The summed E-state index contributed by atoms with van der Waals surface area (Å²) in [4.78, 5) is 31.7. The molecule has 0 saturated carbocycles. The number of nitriles is 1. The first-order chi connectivity index (χ1) is 18.3. The van der Waals surface area contributed by atoms with Gasteiger partial charge in [-0.15, -0.1) is 0 Å². The number of hydrogen-bond acceptors (Lipinski definition) is 8. The van der Waals surface area contributed by atoms with Crippen LogP contribution in [0.25, 0.3) is 0 Å². The van der Waals surface area contributed by atoms with E-state index >= 15 is 0 Å². The summed E-state index contributed by atoms with van der Waals surface area (Å²) in [6, 6.07) is 15.8. The van der Waals surface area contributed by atoms with Crippen LogP contribution < -0.4 is 19.7 Å². The van der Waals surface area contributed by atoms with E-state index in [-0.39, 0.29) is 31.4 Å². The predicted molar refractivity (Wildman–Crippen MR) is 135 cm³/mol. The Balaban J connectivity index is 1.27. The third-order valence-electron chi connectivity index (χ3n) is 5.96. The molecule has 1 fully saturated rings. The molecule has 190 valence electrons. The Bertz CT molecular complexity index is 1500. The highest BCUT2D eigenvalue weighted by molar-refractivity contribution is 6.03. The molecule has 3 heterocycles. The molecule has 5 rings (SSSR count). The number of amides is 2. The number of benzene rings is 2. The highest BCUT2D eigenvalue weighted by atomic mass is 16.5. The molecule has 2 aliphatic rings. The molecule has 0 radical (unpaired) electrons. The second-order valence-electron chi connectivity index (χ2n) is 8.81. The minimum absolute atomic E-state index is 0.0591. The molecule has 0 spiro atoms. The van der Waals surface area contributed by atoms with Gasteiger partial charge < -0.3 is 29.5 Å². The van der Waals surface area contributed by atoms with E-state index in [0.717, 1.165) is 0 Å². The summed E-state index contributed by atoms with van der Waals surface area (Å²) in [6.07, 6.45) is 1.43. The number of ether oxygens (including phenoxy) is 3. The number of aromatic nitrogens is 1. The molecule has 0 bridgehead atoms. The predicted octanol–water partition coefficient (Wildman–Crippen LogP) is 2.01. The van der Waals surface area contributed by atoms with Crippen LogP contribution in [0.5, 0.6) is 17.2 Å². The van der Waals surface area contributed by atoms with E-state index in [1.165, 1.54) is 17.2 Å². The molecular formula is C28H22N4O6. The van der Waals surface area contributed by atoms with Gasteiger partial charge in [-0.1, -0.05) is 11.8 Å². The fourth-order valence-electron chi connectivity index (χ4n) is 3.80. The number of nitrogens with one attached hydrogen (secondary N) is 1. The quantitative estimate of drug-likeness (QED) is 0.509. The third kappa shape index (κ3) is 5.27. The first-order valence-electron chi connectivity index (χ1n) is 11.7. The lowest BCUT2D eigenvalue weighted by molar-refractivity contribution is -0.140. The number of carbonyl (C=O) groups excluding carboxylic acids is 2. The zero-order valence-electron chi connectivity index (χ0n) is 20.3. The fraction of sp³-hybridized carbons (Fsp3) is 0.214. The van der Waals surface area contributed by atoms with Crippen molar-refractivity contribution >= 4 is 17.5 Å². The van der Waals surface area contributed by atoms with E-state index < -0.39 is 17.6 Å². The minimum atomic E-state index is -1.15. The Hall–Kier alpha value is -4.90. The molecule has 10 heteroatoms. The second-order valence-corrected chi connectivity index (χ2v) is 8.81. The maximum Gasteiger partial charge on any atom is 0.270 e. The molecule has 2 aliphatic heterocycles. The molecule has 1 unspecified atom stereocenters. The van der Waals surface area contributed by atoms with Crippen LogP contribution in [0.15, 0.2) is 60.8 Å². The van der Waals surface area contributed by atoms with E-state index in [9.17, 15) is 14.7 Å².